The maximum absolute atomic E-state index is 12.2. The molecular formula is C15H22N4O2. The highest BCUT2D eigenvalue weighted by Crippen LogP contribution is 2.21. The first-order valence-electron chi connectivity index (χ1n) is 7.30. The number of nitrogens with one attached hydrogen (secondary N) is 1. The van der Waals surface area contributed by atoms with Gasteiger partial charge in [0.25, 0.3) is 5.91 Å². The maximum atomic E-state index is 12.2. The third kappa shape index (κ3) is 4.01. The molecule has 0 aromatic carbocycles. The number of nitrogens with two attached hydrogens (primary N) is 1. The number of likely N-dealkylation sites (tertiary alicyclic amines) is 1. The van der Waals surface area contributed by atoms with Crippen LogP contribution in [-0.4, -0.2) is 47.4 Å². The molecule has 1 fully saturated rings. The monoisotopic (exact) mass is 290 g/mol. The van der Waals surface area contributed by atoms with E-state index in [4.69, 9.17) is 5.73 Å². The Morgan fingerprint density at radius 1 is 1.48 bits per heavy atom. The van der Waals surface area contributed by atoms with Gasteiger partial charge in [-0.3, -0.25) is 14.6 Å². The Labute approximate surface area is 124 Å². The molecule has 2 heterocycles. The van der Waals surface area contributed by atoms with Gasteiger partial charge in [-0.05, 0) is 30.9 Å². The third-order valence-electron chi connectivity index (χ3n) is 3.87. The van der Waals surface area contributed by atoms with Gasteiger partial charge in [0, 0.05) is 25.3 Å². The van der Waals surface area contributed by atoms with Crippen LogP contribution in [0, 0.1) is 5.92 Å². The molecule has 0 spiro atoms. The highest BCUT2D eigenvalue weighted by molar-refractivity contribution is 5.94. The molecule has 2 unspecified atom stereocenters. The Kier molecular flexibility index (Phi) is 5.27. The molecule has 1 saturated heterocycles. The van der Waals surface area contributed by atoms with Crippen molar-refractivity contribution < 1.29 is 9.59 Å². The molecule has 1 aliphatic rings. The fourth-order valence-electron chi connectivity index (χ4n) is 2.65. The second-order valence-electron chi connectivity index (χ2n) is 5.50. The summed E-state index contributed by atoms with van der Waals surface area (Å²) in [7, 11) is 0. The highest BCUT2D eigenvalue weighted by Gasteiger charge is 2.28. The van der Waals surface area contributed by atoms with E-state index < -0.39 is 0 Å². The minimum Gasteiger partial charge on any atom is -0.342 e. The molecule has 1 aliphatic heterocycles. The van der Waals surface area contributed by atoms with Crippen LogP contribution in [0.25, 0.3) is 0 Å². The first kappa shape index (κ1) is 15.4. The first-order chi connectivity index (χ1) is 10.1. The molecule has 2 rings (SSSR count). The third-order valence-corrected chi connectivity index (χ3v) is 3.87. The molecule has 0 saturated carbocycles. The number of carbonyl (C=O) groups excluding carboxylic acids is 2. The summed E-state index contributed by atoms with van der Waals surface area (Å²) in [5.41, 5.74) is 6.06. The predicted molar refractivity (Wildman–Crippen MR) is 79.5 cm³/mol. The number of carbonyl (C=O) groups is 2. The van der Waals surface area contributed by atoms with Gasteiger partial charge >= 0.3 is 0 Å². The molecule has 6 heteroatoms. The number of hydrogen-bond donors (Lipinski definition) is 2. The van der Waals surface area contributed by atoms with Crippen molar-refractivity contribution in [2.75, 3.05) is 19.6 Å². The van der Waals surface area contributed by atoms with Crippen molar-refractivity contribution in [1.29, 1.82) is 0 Å². The van der Waals surface area contributed by atoms with E-state index >= 15 is 0 Å². The summed E-state index contributed by atoms with van der Waals surface area (Å²) in [6.45, 7) is 3.33. The summed E-state index contributed by atoms with van der Waals surface area (Å²) < 4.78 is 0. The lowest BCUT2D eigenvalue weighted by atomic mass is 9.92. The van der Waals surface area contributed by atoms with Gasteiger partial charge in [-0.1, -0.05) is 13.0 Å². The Morgan fingerprint density at radius 2 is 2.29 bits per heavy atom. The van der Waals surface area contributed by atoms with Gasteiger partial charge < -0.3 is 16.0 Å². The van der Waals surface area contributed by atoms with Gasteiger partial charge in [0.15, 0.2) is 0 Å². The average Bonchev–Trinajstić information content (AvgIpc) is 2.52. The van der Waals surface area contributed by atoms with Crippen LogP contribution in [0.3, 0.4) is 0 Å². The molecule has 0 radical (unpaired) electrons. The van der Waals surface area contributed by atoms with E-state index in [1.54, 1.807) is 29.3 Å². The molecule has 3 N–H and O–H groups in total. The van der Waals surface area contributed by atoms with Crippen molar-refractivity contribution in [3.63, 3.8) is 0 Å². The second kappa shape index (κ2) is 7.17. The number of piperidine rings is 1. The SMILES string of the molecule is CC1CCN(C(=O)CNC(=O)c2ccccn2)C(CN)C1. The fourth-order valence-corrected chi connectivity index (χ4v) is 2.65. The summed E-state index contributed by atoms with van der Waals surface area (Å²) in [6, 6.07) is 5.17. The second-order valence-corrected chi connectivity index (χ2v) is 5.50. The number of amides is 2. The van der Waals surface area contributed by atoms with Crippen LogP contribution >= 0.6 is 0 Å². The van der Waals surface area contributed by atoms with Gasteiger partial charge in [-0.2, -0.15) is 0 Å². The Hall–Kier alpha value is -1.95. The van der Waals surface area contributed by atoms with E-state index in [0.29, 0.717) is 24.7 Å². The van der Waals surface area contributed by atoms with Crippen LogP contribution in [0.4, 0.5) is 0 Å². The zero-order valence-electron chi connectivity index (χ0n) is 12.3. The molecular weight excluding hydrogens is 268 g/mol. The van der Waals surface area contributed by atoms with E-state index in [0.717, 1.165) is 12.8 Å². The minimum absolute atomic E-state index is 0.0136. The zero-order chi connectivity index (χ0) is 15.2. The maximum Gasteiger partial charge on any atom is 0.270 e. The number of aromatic nitrogens is 1. The lowest BCUT2D eigenvalue weighted by Crippen LogP contribution is -2.52. The topological polar surface area (TPSA) is 88.3 Å². The number of hydrogen-bond acceptors (Lipinski definition) is 4. The molecule has 21 heavy (non-hydrogen) atoms. The van der Waals surface area contributed by atoms with Crippen LogP contribution in [0.5, 0.6) is 0 Å². The largest absolute Gasteiger partial charge is 0.342 e. The molecule has 0 bridgehead atoms. The van der Waals surface area contributed by atoms with Crippen LogP contribution < -0.4 is 11.1 Å². The van der Waals surface area contributed by atoms with Gasteiger partial charge in [-0.15, -0.1) is 0 Å². The van der Waals surface area contributed by atoms with Crippen molar-refractivity contribution >= 4 is 11.8 Å². The number of nitrogens with zero attached hydrogens (tertiary/aromatic N) is 2. The summed E-state index contributed by atoms with van der Waals surface area (Å²) >= 11 is 0. The first-order valence-corrected chi connectivity index (χ1v) is 7.30. The molecule has 1 aromatic rings. The molecule has 1 aromatic heterocycles. The normalized spacial score (nSPS) is 21.9. The van der Waals surface area contributed by atoms with Crippen LogP contribution in [0.2, 0.25) is 0 Å². The lowest BCUT2D eigenvalue weighted by Gasteiger charge is -2.38. The van der Waals surface area contributed by atoms with Crippen molar-refractivity contribution in [3.8, 4) is 0 Å². The Morgan fingerprint density at radius 3 is 2.95 bits per heavy atom. The lowest BCUT2D eigenvalue weighted by molar-refractivity contribution is -0.134. The van der Waals surface area contributed by atoms with Gasteiger partial charge in [0.05, 0.1) is 6.54 Å². The minimum atomic E-state index is -0.335. The summed E-state index contributed by atoms with van der Waals surface area (Å²) in [5, 5.41) is 2.62. The van der Waals surface area contributed by atoms with Crippen molar-refractivity contribution in [3.05, 3.63) is 30.1 Å². The standard InChI is InChI=1S/C15H22N4O2/c1-11-5-7-19(12(8-11)9-16)14(20)10-18-15(21)13-4-2-3-6-17-13/h2-4,6,11-12H,5,7-10,16H2,1H3,(H,18,21). The van der Waals surface area contributed by atoms with E-state index in [1.165, 1.54) is 0 Å². The van der Waals surface area contributed by atoms with E-state index in [2.05, 4.69) is 17.2 Å². The van der Waals surface area contributed by atoms with E-state index in [-0.39, 0.29) is 24.4 Å². The van der Waals surface area contributed by atoms with Crippen molar-refractivity contribution in [1.82, 2.24) is 15.2 Å². The van der Waals surface area contributed by atoms with E-state index in [1.807, 2.05) is 0 Å². The van der Waals surface area contributed by atoms with Crippen molar-refractivity contribution in [2.45, 2.75) is 25.8 Å². The molecule has 0 aliphatic carbocycles. The summed E-state index contributed by atoms with van der Waals surface area (Å²) in [6.07, 6.45) is 3.46. The smallest absolute Gasteiger partial charge is 0.270 e. The molecule has 6 nitrogen and oxygen atoms in total. The Bertz CT molecular complexity index is 492. The van der Waals surface area contributed by atoms with Gasteiger partial charge in [0.1, 0.15) is 5.69 Å². The Balaban J connectivity index is 1.88. The van der Waals surface area contributed by atoms with Gasteiger partial charge in [0.2, 0.25) is 5.91 Å². The molecule has 2 amide bonds. The number of rotatable bonds is 4. The highest BCUT2D eigenvalue weighted by atomic mass is 16.2. The van der Waals surface area contributed by atoms with Crippen LogP contribution in [0.15, 0.2) is 24.4 Å². The van der Waals surface area contributed by atoms with Crippen LogP contribution in [-0.2, 0) is 4.79 Å². The molecule has 2 atom stereocenters. The summed E-state index contributed by atoms with van der Waals surface area (Å²) in [5.74, 6) is 0.172. The van der Waals surface area contributed by atoms with Crippen molar-refractivity contribution in [2.24, 2.45) is 11.7 Å². The quantitative estimate of drug-likeness (QED) is 0.840. The summed E-state index contributed by atoms with van der Waals surface area (Å²) in [4.78, 5) is 29.9. The molecule has 114 valence electrons. The van der Waals surface area contributed by atoms with E-state index in [9.17, 15) is 9.59 Å². The fraction of sp³-hybridized carbons (Fsp3) is 0.533. The van der Waals surface area contributed by atoms with Gasteiger partial charge in [-0.25, -0.2) is 0 Å². The average molecular weight is 290 g/mol. The predicted octanol–water partition coefficient (Wildman–Crippen LogP) is 0.397. The zero-order valence-corrected chi connectivity index (χ0v) is 12.3. The number of pyridine rings is 1. The van der Waals surface area contributed by atoms with Crippen LogP contribution in [0.1, 0.15) is 30.3 Å².